The van der Waals surface area contributed by atoms with E-state index in [1.165, 1.54) is 0 Å². The van der Waals surface area contributed by atoms with Crippen molar-refractivity contribution in [2.75, 3.05) is 12.8 Å². The predicted octanol–water partition coefficient (Wildman–Crippen LogP) is 2.46. The number of aliphatic carboxylic acids is 1. The maximum Gasteiger partial charge on any atom is 0.329 e. The van der Waals surface area contributed by atoms with Crippen LogP contribution >= 0.6 is 11.8 Å². The van der Waals surface area contributed by atoms with Gasteiger partial charge in [-0.05, 0) is 44.3 Å². The summed E-state index contributed by atoms with van der Waals surface area (Å²) in [6, 6.07) is -0.366. The van der Waals surface area contributed by atoms with Crippen molar-refractivity contribution >= 4 is 23.8 Å². The number of carbonyl (C=O) groups excluding carboxylic acids is 1. The Morgan fingerprint density at radius 1 is 1.40 bits per heavy atom. The summed E-state index contributed by atoms with van der Waals surface area (Å²) in [5, 5.41) is 15.4. The van der Waals surface area contributed by atoms with E-state index in [9.17, 15) is 14.7 Å². The Morgan fingerprint density at radius 3 is 2.50 bits per heavy atom. The monoisotopic (exact) mass is 302 g/mol. The minimum atomic E-state index is -1.08. The van der Waals surface area contributed by atoms with Crippen LogP contribution in [-0.2, 0) is 4.79 Å². The van der Waals surface area contributed by atoms with E-state index in [4.69, 9.17) is 0 Å². The highest BCUT2D eigenvalue weighted by Gasteiger charge is 2.42. The number of rotatable bonds is 6. The summed E-state index contributed by atoms with van der Waals surface area (Å²) in [5.41, 5.74) is -1.08. The number of amides is 2. The average Bonchev–Trinajstić information content (AvgIpc) is 2.41. The number of urea groups is 1. The largest absolute Gasteiger partial charge is 0.480 e. The first kappa shape index (κ1) is 17.1. The van der Waals surface area contributed by atoms with Crippen LogP contribution in [-0.4, -0.2) is 40.7 Å². The van der Waals surface area contributed by atoms with Gasteiger partial charge < -0.3 is 15.7 Å². The summed E-state index contributed by atoms with van der Waals surface area (Å²) in [4.78, 5) is 23.4. The fraction of sp³-hybridized carbons (Fsp3) is 0.857. The van der Waals surface area contributed by atoms with Crippen molar-refractivity contribution in [2.45, 2.75) is 56.7 Å². The lowest BCUT2D eigenvalue weighted by molar-refractivity contribution is -0.146. The third kappa shape index (κ3) is 4.89. The van der Waals surface area contributed by atoms with Gasteiger partial charge in [-0.2, -0.15) is 11.8 Å². The molecule has 5 nitrogen and oxygen atoms in total. The molecule has 0 radical (unpaired) electrons. The van der Waals surface area contributed by atoms with Crippen molar-refractivity contribution in [3.63, 3.8) is 0 Å². The Labute approximate surface area is 125 Å². The van der Waals surface area contributed by atoms with Crippen molar-refractivity contribution in [1.29, 1.82) is 0 Å². The second kappa shape index (κ2) is 7.76. The summed E-state index contributed by atoms with van der Waals surface area (Å²) in [6.07, 6.45) is 5.63. The number of hydrogen-bond donors (Lipinski definition) is 3. The van der Waals surface area contributed by atoms with Gasteiger partial charge in [0.1, 0.15) is 5.54 Å². The summed E-state index contributed by atoms with van der Waals surface area (Å²) in [5.74, 6) is -0.383. The third-order valence-electron chi connectivity index (χ3n) is 4.13. The Hall–Kier alpha value is -0.910. The van der Waals surface area contributed by atoms with E-state index in [0.29, 0.717) is 30.6 Å². The van der Waals surface area contributed by atoms with Crippen LogP contribution in [0.2, 0.25) is 0 Å². The minimum Gasteiger partial charge on any atom is -0.480 e. The molecule has 2 amide bonds. The van der Waals surface area contributed by atoms with Crippen LogP contribution in [0.3, 0.4) is 0 Å². The van der Waals surface area contributed by atoms with Gasteiger partial charge in [0.05, 0.1) is 0 Å². The van der Waals surface area contributed by atoms with Crippen LogP contribution < -0.4 is 10.6 Å². The zero-order valence-corrected chi connectivity index (χ0v) is 13.4. The normalized spacial score (nSPS) is 27.6. The van der Waals surface area contributed by atoms with E-state index in [2.05, 4.69) is 24.5 Å². The summed E-state index contributed by atoms with van der Waals surface area (Å²) in [6.45, 7) is 4.79. The molecule has 0 saturated heterocycles. The molecule has 0 aromatic rings. The maximum atomic E-state index is 11.9. The predicted molar refractivity (Wildman–Crippen MR) is 82.1 cm³/mol. The van der Waals surface area contributed by atoms with E-state index in [0.717, 1.165) is 19.3 Å². The van der Waals surface area contributed by atoms with Crippen molar-refractivity contribution < 1.29 is 14.7 Å². The lowest BCUT2D eigenvalue weighted by Crippen LogP contribution is -2.58. The Bertz CT molecular complexity index is 341. The van der Waals surface area contributed by atoms with E-state index >= 15 is 0 Å². The van der Waals surface area contributed by atoms with Crippen LogP contribution in [0, 0.1) is 5.92 Å². The van der Waals surface area contributed by atoms with Crippen LogP contribution in [0.5, 0.6) is 0 Å². The average molecular weight is 302 g/mol. The maximum absolute atomic E-state index is 11.9. The van der Waals surface area contributed by atoms with Crippen LogP contribution in [0.15, 0.2) is 0 Å². The first-order valence-corrected chi connectivity index (χ1v) is 8.50. The Balaban J connectivity index is 2.46. The van der Waals surface area contributed by atoms with Gasteiger partial charge in [0.25, 0.3) is 0 Å². The molecule has 1 unspecified atom stereocenters. The van der Waals surface area contributed by atoms with Gasteiger partial charge in [-0.15, -0.1) is 0 Å². The second-order valence-corrected chi connectivity index (χ2v) is 7.06. The Kier molecular flexibility index (Phi) is 6.65. The van der Waals surface area contributed by atoms with Crippen LogP contribution in [0.25, 0.3) is 0 Å². The van der Waals surface area contributed by atoms with Crippen molar-refractivity contribution in [3.8, 4) is 0 Å². The van der Waals surface area contributed by atoms with Gasteiger partial charge in [-0.25, -0.2) is 9.59 Å². The molecule has 0 bridgehead atoms. The summed E-state index contributed by atoms with van der Waals surface area (Å²) < 4.78 is 0. The molecule has 1 atom stereocenters. The number of hydrogen-bond acceptors (Lipinski definition) is 3. The molecule has 1 rings (SSSR count). The lowest BCUT2D eigenvalue weighted by atomic mass is 9.77. The fourth-order valence-electron chi connectivity index (χ4n) is 2.42. The zero-order chi connectivity index (χ0) is 15.2. The van der Waals surface area contributed by atoms with E-state index < -0.39 is 11.5 Å². The molecule has 0 heterocycles. The summed E-state index contributed by atoms with van der Waals surface area (Å²) in [7, 11) is 0. The third-order valence-corrected chi connectivity index (χ3v) is 5.17. The van der Waals surface area contributed by atoms with Gasteiger partial charge in [0.2, 0.25) is 0 Å². The second-order valence-electron chi connectivity index (χ2n) is 5.79. The molecule has 1 saturated carbocycles. The molecule has 20 heavy (non-hydrogen) atoms. The molecule has 116 valence electrons. The molecular formula is C14H26N2O3S. The molecule has 0 aromatic carbocycles. The highest BCUT2D eigenvalue weighted by atomic mass is 32.2. The van der Waals surface area contributed by atoms with Gasteiger partial charge in [-0.1, -0.05) is 13.8 Å². The number of carboxylic acids is 1. The highest BCUT2D eigenvalue weighted by molar-refractivity contribution is 7.99. The standard InChI is InChI=1S/C14H26N2O3S/c1-10-4-7-14(8-5-10,12(17)18)16-13(19)15-9-6-11(2)20-3/h10-11H,4-9H2,1-3H3,(H,17,18)(H2,15,16,19). The highest BCUT2D eigenvalue weighted by Crippen LogP contribution is 2.32. The quantitative estimate of drug-likeness (QED) is 0.704. The molecule has 1 aliphatic carbocycles. The Morgan fingerprint density at radius 2 is 2.00 bits per heavy atom. The van der Waals surface area contributed by atoms with Crippen LogP contribution in [0.4, 0.5) is 4.79 Å². The smallest absolute Gasteiger partial charge is 0.329 e. The first-order chi connectivity index (χ1) is 9.39. The SMILES string of the molecule is CSC(C)CCNC(=O)NC1(C(=O)O)CCC(C)CC1. The molecule has 3 N–H and O–H groups in total. The molecule has 0 spiro atoms. The molecular weight excluding hydrogens is 276 g/mol. The fourth-order valence-corrected chi connectivity index (χ4v) is 2.77. The molecule has 6 heteroatoms. The number of carbonyl (C=O) groups is 2. The molecule has 0 aromatic heterocycles. The van der Waals surface area contributed by atoms with E-state index in [1.54, 1.807) is 11.8 Å². The minimum absolute atomic E-state index is 0.366. The molecule has 0 aliphatic heterocycles. The molecule has 1 aliphatic rings. The topological polar surface area (TPSA) is 78.4 Å². The van der Waals surface area contributed by atoms with Gasteiger partial charge in [0, 0.05) is 11.8 Å². The van der Waals surface area contributed by atoms with E-state index in [-0.39, 0.29) is 6.03 Å². The van der Waals surface area contributed by atoms with Crippen molar-refractivity contribution in [1.82, 2.24) is 10.6 Å². The number of thioether (sulfide) groups is 1. The van der Waals surface area contributed by atoms with Gasteiger partial charge in [0.15, 0.2) is 0 Å². The van der Waals surface area contributed by atoms with Gasteiger partial charge >= 0.3 is 12.0 Å². The summed E-state index contributed by atoms with van der Waals surface area (Å²) >= 11 is 1.75. The lowest BCUT2D eigenvalue weighted by Gasteiger charge is -2.36. The number of carboxylic acid groups (broad SMARTS) is 1. The van der Waals surface area contributed by atoms with Crippen LogP contribution in [0.1, 0.15) is 46.0 Å². The van der Waals surface area contributed by atoms with Crippen molar-refractivity contribution in [3.05, 3.63) is 0 Å². The number of nitrogens with one attached hydrogen (secondary N) is 2. The van der Waals surface area contributed by atoms with Gasteiger partial charge in [-0.3, -0.25) is 0 Å². The van der Waals surface area contributed by atoms with E-state index in [1.807, 2.05) is 6.26 Å². The molecule has 1 fully saturated rings. The zero-order valence-electron chi connectivity index (χ0n) is 12.6. The first-order valence-electron chi connectivity index (χ1n) is 7.22. The van der Waals surface area contributed by atoms with Crippen molar-refractivity contribution in [2.24, 2.45) is 5.92 Å².